The quantitative estimate of drug-likeness (QED) is 0.662. The van der Waals surface area contributed by atoms with E-state index in [4.69, 9.17) is 0 Å². The lowest BCUT2D eigenvalue weighted by atomic mass is 9.47. The maximum atomic E-state index is 10.8. The Morgan fingerprint density at radius 2 is 1.14 bits per heavy atom. The molecule has 1 heteroatoms. The SMILES string of the molecule is O[C@@H]1[C@@H]2C[C@@H]3C[C@@H](C2)C(=C2C4CC5CC(C4)CC2C5)[C@H]1C3. The van der Waals surface area contributed by atoms with Crippen LogP contribution in [0, 0.1) is 47.3 Å². The van der Waals surface area contributed by atoms with E-state index in [1.165, 1.54) is 51.4 Å². The molecule has 8 bridgehead atoms. The van der Waals surface area contributed by atoms with E-state index >= 15 is 0 Å². The predicted molar refractivity (Wildman–Crippen MR) is 82.5 cm³/mol. The zero-order chi connectivity index (χ0) is 13.7. The lowest BCUT2D eigenvalue weighted by Gasteiger charge is -2.59. The Morgan fingerprint density at radius 3 is 1.81 bits per heavy atom. The molecule has 0 aromatic rings. The van der Waals surface area contributed by atoms with Crippen molar-refractivity contribution in [1.29, 1.82) is 0 Å². The van der Waals surface area contributed by atoms with Crippen molar-refractivity contribution < 1.29 is 5.11 Å². The van der Waals surface area contributed by atoms with Crippen LogP contribution in [0.2, 0.25) is 0 Å². The molecule has 0 amide bonds. The minimum atomic E-state index is 0.0255. The topological polar surface area (TPSA) is 20.2 Å². The van der Waals surface area contributed by atoms with E-state index in [1.54, 1.807) is 6.42 Å². The number of hydrogen-bond donors (Lipinski definition) is 1. The largest absolute Gasteiger partial charge is 0.392 e. The monoisotopic (exact) mass is 284 g/mol. The molecule has 0 heterocycles. The molecule has 21 heavy (non-hydrogen) atoms. The molecule has 1 nitrogen and oxygen atoms in total. The highest BCUT2D eigenvalue weighted by Gasteiger charge is 2.54. The first-order valence-electron chi connectivity index (χ1n) is 9.68. The maximum Gasteiger partial charge on any atom is 0.0634 e. The normalized spacial score (nSPS) is 60.1. The van der Waals surface area contributed by atoms with E-state index in [0.717, 1.165) is 35.5 Å². The van der Waals surface area contributed by atoms with Crippen LogP contribution in [0.25, 0.3) is 0 Å². The maximum absolute atomic E-state index is 10.8. The van der Waals surface area contributed by atoms with Crippen LogP contribution >= 0.6 is 0 Å². The lowest BCUT2D eigenvalue weighted by molar-refractivity contribution is -0.0620. The van der Waals surface area contributed by atoms with Gasteiger partial charge in [0, 0.05) is 5.92 Å². The molecule has 0 saturated heterocycles. The smallest absolute Gasteiger partial charge is 0.0634 e. The third-order valence-electron chi connectivity index (χ3n) is 8.51. The van der Waals surface area contributed by atoms with Crippen LogP contribution in [0.4, 0.5) is 0 Å². The summed E-state index contributed by atoms with van der Waals surface area (Å²) in [5.41, 5.74) is 3.79. The summed E-state index contributed by atoms with van der Waals surface area (Å²) in [7, 11) is 0. The first kappa shape index (κ1) is 12.2. The summed E-state index contributed by atoms with van der Waals surface area (Å²) in [6, 6.07) is 0. The van der Waals surface area contributed by atoms with Crippen LogP contribution in [0.15, 0.2) is 11.1 Å². The minimum Gasteiger partial charge on any atom is -0.392 e. The van der Waals surface area contributed by atoms with Gasteiger partial charge in [0.2, 0.25) is 0 Å². The van der Waals surface area contributed by atoms with Gasteiger partial charge in [-0.2, -0.15) is 0 Å². The molecule has 0 aromatic heterocycles. The Kier molecular flexibility index (Phi) is 2.29. The summed E-state index contributed by atoms with van der Waals surface area (Å²) >= 11 is 0. The van der Waals surface area contributed by atoms with E-state index in [9.17, 15) is 5.11 Å². The van der Waals surface area contributed by atoms with E-state index < -0.39 is 0 Å². The third-order valence-corrected chi connectivity index (χ3v) is 8.51. The van der Waals surface area contributed by atoms with Gasteiger partial charge < -0.3 is 5.11 Å². The van der Waals surface area contributed by atoms with Crippen LogP contribution in [0.1, 0.15) is 57.8 Å². The van der Waals surface area contributed by atoms with Gasteiger partial charge in [-0.15, -0.1) is 0 Å². The van der Waals surface area contributed by atoms with E-state index in [0.29, 0.717) is 11.8 Å². The molecule has 1 N–H and O–H groups in total. The first-order chi connectivity index (χ1) is 10.3. The highest BCUT2D eigenvalue weighted by atomic mass is 16.3. The Labute approximate surface area is 128 Å². The highest BCUT2D eigenvalue weighted by molar-refractivity contribution is 5.34. The molecule has 0 spiro atoms. The van der Waals surface area contributed by atoms with Crippen molar-refractivity contribution in [2.75, 3.05) is 0 Å². The molecule has 0 aliphatic heterocycles. The summed E-state index contributed by atoms with van der Waals surface area (Å²) in [4.78, 5) is 0. The van der Waals surface area contributed by atoms with Crippen molar-refractivity contribution in [3.63, 3.8) is 0 Å². The van der Waals surface area contributed by atoms with Crippen LogP contribution < -0.4 is 0 Å². The fraction of sp³-hybridized carbons (Fsp3) is 0.900. The molecule has 0 unspecified atom stereocenters. The molecular weight excluding hydrogens is 256 g/mol. The van der Waals surface area contributed by atoms with Gasteiger partial charge in [0.25, 0.3) is 0 Å². The molecule has 8 fully saturated rings. The molecule has 8 rings (SSSR count). The molecule has 8 aliphatic carbocycles. The van der Waals surface area contributed by atoms with Gasteiger partial charge in [0.05, 0.1) is 6.10 Å². The zero-order valence-corrected chi connectivity index (χ0v) is 13.0. The van der Waals surface area contributed by atoms with Crippen LogP contribution in [-0.4, -0.2) is 11.2 Å². The second-order valence-electron chi connectivity index (χ2n) is 9.58. The molecular formula is C20H28O. The van der Waals surface area contributed by atoms with Crippen molar-refractivity contribution in [2.45, 2.75) is 63.9 Å². The van der Waals surface area contributed by atoms with Crippen LogP contribution in [0.3, 0.4) is 0 Å². The number of aliphatic hydroxyl groups is 1. The molecule has 8 aliphatic rings. The number of rotatable bonds is 0. The summed E-state index contributed by atoms with van der Waals surface area (Å²) in [6.07, 6.45) is 13.1. The molecule has 0 radical (unpaired) electrons. The third kappa shape index (κ3) is 1.52. The summed E-state index contributed by atoms with van der Waals surface area (Å²) in [5.74, 6) is 7.13. The average molecular weight is 284 g/mol. The lowest BCUT2D eigenvalue weighted by Crippen LogP contribution is -2.52. The molecule has 8 saturated carbocycles. The molecule has 5 atom stereocenters. The number of allylic oxidation sites excluding steroid dienone is 1. The van der Waals surface area contributed by atoms with Gasteiger partial charge in [0.1, 0.15) is 0 Å². The highest BCUT2D eigenvalue weighted by Crippen LogP contribution is 2.63. The number of hydrogen-bond acceptors (Lipinski definition) is 1. The van der Waals surface area contributed by atoms with E-state index in [1.807, 2.05) is 11.1 Å². The number of aliphatic hydroxyl groups excluding tert-OH is 1. The predicted octanol–water partition coefficient (Wildman–Crippen LogP) is 4.17. The Balaban J connectivity index is 1.47. The van der Waals surface area contributed by atoms with Crippen molar-refractivity contribution >= 4 is 0 Å². The van der Waals surface area contributed by atoms with Gasteiger partial charge in [-0.1, -0.05) is 11.1 Å². The van der Waals surface area contributed by atoms with E-state index in [-0.39, 0.29) is 6.10 Å². The summed E-state index contributed by atoms with van der Waals surface area (Å²) in [5, 5.41) is 10.8. The van der Waals surface area contributed by atoms with Gasteiger partial charge in [-0.25, -0.2) is 0 Å². The minimum absolute atomic E-state index is 0.0255. The zero-order valence-electron chi connectivity index (χ0n) is 13.0. The van der Waals surface area contributed by atoms with Crippen LogP contribution in [0.5, 0.6) is 0 Å². The van der Waals surface area contributed by atoms with E-state index in [2.05, 4.69) is 0 Å². The van der Waals surface area contributed by atoms with Gasteiger partial charge in [0.15, 0.2) is 0 Å². The summed E-state index contributed by atoms with van der Waals surface area (Å²) < 4.78 is 0. The standard InChI is InChI=1S/C20H28O/c21-20-16-7-12-6-15(9-16)19(17(20)8-12)18-13-2-10-1-11(4-13)5-14(18)3-10/h10-17,20-21H,1-9H2/t10?,11?,12-,13?,14?,15-,16+,17+,20+/m0/s1. The molecule has 114 valence electrons. The fourth-order valence-corrected chi connectivity index (χ4v) is 8.26. The second kappa shape index (κ2) is 3.96. The Bertz CT molecular complexity index is 488. The van der Waals surface area contributed by atoms with Gasteiger partial charge in [-0.3, -0.25) is 0 Å². The van der Waals surface area contributed by atoms with Crippen molar-refractivity contribution in [2.24, 2.45) is 47.3 Å². The summed E-state index contributed by atoms with van der Waals surface area (Å²) in [6.45, 7) is 0. The second-order valence-corrected chi connectivity index (χ2v) is 9.58. The first-order valence-corrected chi connectivity index (χ1v) is 9.68. The van der Waals surface area contributed by atoms with Gasteiger partial charge in [-0.05, 0) is 99.2 Å². The van der Waals surface area contributed by atoms with Crippen LogP contribution in [-0.2, 0) is 0 Å². The van der Waals surface area contributed by atoms with Gasteiger partial charge >= 0.3 is 0 Å². The fourth-order valence-electron chi connectivity index (χ4n) is 8.26. The average Bonchev–Trinajstić information content (AvgIpc) is 2.45. The van der Waals surface area contributed by atoms with Crippen molar-refractivity contribution in [3.05, 3.63) is 11.1 Å². The Morgan fingerprint density at radius 1 is 0.571 bits per heavy atom. The van der Waals surface area contributed by atoms with Crippen molar-refractivity contribution in [3.8, 4) is 0 Å². The molecule has 0 aromatic carbocycles. The Hall–Kier alpha value is -0.300. The van der Waals surface area contributed by atoms with Crippen molar-refractivity contribution in [1.82, 2.24) is 0 Å².